The number of carbonyl (C=O) groups is 1. The highest BCUT2D eigenvalue weighted by molar-refractivity contribution is 8.15. The molecule has 1 aliphatic heterocycles. The first-order valence-corrected chi connectivity index (χ1v) is 6.15. The third-order valence-electron chi connectivity index (χ3n) is 2.03. The lowest BCUT2D eigenvalue weighted by atomic mass is 10.2. The summed E-state index contributed by atoms with van der Waals surface area (Å²) >= 11 is 6.76. The van der Waals surface area contributed by atoms with Gasteiger partial charge in [0, 0.05) is 0 Å². The molecule has 1 saturated heterocycles. The Kier molecular flexibility index (Phi) is 3.83. The van der Waals surface area contributed by atoms with Crippen molar-refractivity contribution in [3.05, 3.63) is 28.5 Å². The number of carbonyl (C=O) groups excluding carboxylic acids is 1. The lowest BCUT2D eigenvalue weighted by Gasteiger charge is -2.01. The summed E-state index contributed by atoms with van der Waals surface area (Å²) in [6.45, 7) is 0. The van der Waals surface area contributed by atoms with Crippen LogP contribution in [0, 0.1) is 5.82 Å². The molecule has 1 amide bonds. The minimum absolute atomic E-state index is 0.120. The zero-order valence-corrected chi connectivity index (χ0v) is 10.4. The summed E-state index contributed by atoms with van der Waals surface area (Å²) in [6.07, 6.45) is 1.04. The molecule has 0 unspecified atom stereocenters. The Balaban J connectivity index is 2.19. The SMILES string of the molecule is O=C1CSC(=NN=Cc2c(O)ccc(Cl)c2F)N1. The lowest BCUT2D eigenvalue weighted by molar-refractivity contribution is -0.116. The second-order valence-corrected chi connectivity index (χ2v) is 4.65. The summed E-state index contributed by atoms with van der Waals surface area (Å²) in [5.41, 5.74) is -0.152. The molecule has 2 N–H and O–H groups in total. The Morgan fingerprint density at radius 2 is 2.33 bits per heavy atom. The maximum absolute atomic E-state index is 13.5. The van der Waals surface area contributed by atoms with Crippen LogP contribution in [0.1, 0.15) is 5.56 Å². The van der Waals surface area contributed by atoms with Crippen molar-refractivity contribution in [3.63, 3.8) is 0 Å². The van der Waals surface area contributed by atoms with E-state index >= 15 is 0 Å². The number of rotatable bonds is 2. The van der Waals surface area contributed by atoms with Gasteiger partial charge >= 0.3 is 0 Å². The first-order chi connectivity index (χ1) is 8.58. The van der Waals surface area contributed by atoms with Crippen LogP contribution in [-0.2, 0) is 4.79 Å². The van der Waals surface area contributed by atoms with Crippen LogP contribution in [-0.4, -0.2) is 28.1 Å². The Morgan fingerprint density at radius 3 is 3.00 bits per heavy atom. The fourth-order valence-electron chi connectivity index (χ4n) is 1.20. The van der Waals surface area contributed by atoms with E-state index in [0.29, 0.717) is 5.17 Å². The van der Waals surface area contributed by atoms with Crippen molar-refractivity contribution in [1.82, 2.24) is 5.32 Å². The number of hydrogen-bond acceptors (Lipinski definition) is 5. The molecule has 94 valence electrons. The predicted octanol–water partition coefficient (Wildman–Crippen LogP) is 1.74. The zero-order chi connectivity index (χ0) is 13.1. The summed E-state index contributed by atoms with van der Waals surface area (Å²) in [5.74, 6) is -0.941. The fourth-order valence-corrected chi connectivity index (χ4v) is 1.99. The first kappa shape index (κ1) is 12.8. The normalized spacial score (nSPS) is 17.7. The van der Waals surface area contributed by atoms with Gasteiger partial charge in [-0.2, -0.15) is 5.10 Å². The molecule has 0 saturated carbocycles. The van der Waals surface area contributed by atoms with Gasteiger partial charge in [0.1, 0.15) is 5.75 Å². The number of phenols is 1. The van der Waals surface area contributed by atoms with Crippen LogP contribution in [0.3, 0.4) is 0 Å². The van der Waals surface area contributed by atoms with Gasteiger partial charge in [0.2, 0.25) is 5.91 Å². The van der Waals surface area contributed by atoms with Gasteiger partial charge in [0.05, 0.1) is 22.6 Å². The van der Waals surface area contributed by atoms with Crippen molar-refractivity contribution < 1.29 is 14.3 Å². The largest absolute Gasteiger partial charge is 0.507 e. The summed E-state index contributed by atoms with van der Waals surface area (Å²) in [5, 5.41) is 19.4. The molecule has 1 aromatic carbocycles. The van der Waals surface area contributed by atoms with Gasteiger partial charge < -0.3 is 10.4 Å². The third kappa shape index (κ3) is 2.80. The van der Waals surface area contributed by atoms with E-state index in [2.05, 4.69) is 15.5 Å². The molecule has 1 fully saturated rings. The second-order valence-electron chi connectivity index (χ2n) is 3.28. The van der Waals surface area contributed by atoms with Crippen LogP contribution in [0.25, 0.3) is 0 Å². The molecule has 1 aromatic rings. The van der Waals surface area contributed by atoms with Gasteiger partial charge in [-0.1, -0.05) is 23.4 Å². The van der Waals surface area contributed by atoms with Crippen LogP contribution in [0.15, 0.2) is 22.3 Å². The molecule has 1 heterocycles. The molecule has 2 rings (SSSR count). The third-order valence-corrected chi connectivity index (χ3v) is 3.19. The van der Waals surface area contributed by atoms with E-state index in [1.165, 1.54) is 23.9 Å². The van der Waals surface area contributed by atoms with Crippen LogP contribution >= 0.6 is 23.4 Å². The topological polar surface area (TPSA) is 74.0 Å². The van der Waals surface area contributed by atoms with Gasteiger partial charge in [-0.05, 0) is 12.1 Å². The number of thioether (sulfide) groups is 1. The number of amidine groups is 1. The Bertz CT molecular complexity index is 562. The van der Waals surface area contributed by atoms with Gasteiger partial charge in [-0.3, -0.25) is 4.79 Å². The molecule has 0 spiro atoms. The lowest BCUT2D eigenvalue weighted by Crippen LogP contribution is -2.19. The van der Waals surface area contributed by atoms with Crippen molar-refractivity contribution in [3.8, 4) is 5.75 Å². The average molecular weight is 288 g/mol. The standard InChI is InChI=1S/C10H7ClFN3O2S/c11-6-1-2-7(16)5(9(6)12)3-13-15-10-14-8(17)4-18-10/h1-3,16H,4H2,(H,14,15,17). The number of aromatic hydroxyl groups is 1. The minimum Gasteiger partial charge on any atom is -0.507 e. The average Bonchev–Trinajstić information content (AvgIpc) is 2.74. The number of halogens is 2. The quantitative estimate of drug-likeness (QED) is 0.643. The van der Waals surface area contributed by atoms with Crippen LogP contribution in [0.5, 0.6) is 5.75 Å². The molecule has 0 aliphatic carbocycles. The van der Waals surface area contributed by atoms with Crippen molar-refractivity contribution >= 4 is 40.7 Å². The van der Waals surface area contributed by atoms with Crippen molar-refractivity contribution in [2.45, 2.75) is 0 Å². The number of nitrogens with zero attached hydrogens (tertiary/aromatic N) is 2. The van der Waals surface area contributed by atoms with Crippen LogP contribution in [0.2, 0.25) is 5.02 Å². The molecule has 8 heteroatoms. The number of phenolic OH excluding ortho intramolecular Hbond substituents is 1. The van der Waals surface area contributed by atoms with Crippen LogP contribution < -0.4 is 5.32 Å². The van der Waals surface area contributed by atoms with Crippen LogP contribution in [0.4, 0.5) is 4.39 Å². The van der Waals surface area contributed by atoms with E-state index in [9.17, 15) is 14.3 Å². The van der Waals surface area contributed by atoms with E-state index in [1.807, 2.05) is 0 Å². The highest BCUT2D eigenvalue weighted by Crippen LogP contribution is 2.24. The number of hydrogen-bond donors (Lipinski definition) is 2. The summed E-state index contributed by atoms with van der Waals surface area (Å²) in [7, 11) is 0. The second kappa shape index (κ2) is 5.36. The minimum atomic E-state index is -0.774. The number of benzene rings is 1. The molecule has 0 aromatic heterocycles. The Labute approximate surface area is 111 Å². The van der Waals surface area contributed by atoms with Gasteiger partial charge in [-0.15, -0.1) is 5.10 Å². The summed E-state index contributed by atoms with van der Waals surface area (Å²) < 4.78 is 13.5. The van der Waals surface area contributed by atoms with Crippen molar-refractivity contribution in [1.29, 1.82) is 0 Å². The monoisotopic (exact) mass is 287 g/mol. The summed E-state index contributed by atoms with van der Waals surface area (Å²) in [6, 6.07) is 2.49. The van der Waals surface area contributed by atoms with Gasteiger partial charge in [0.15, 0.2) is 11.0 Å². The smallest absolute Gasteiger partial charge is 0.236 e. The highest BCUT2D eigenvalue weighted by atomic mass is 35.5. The fraction of sp³-hybridized carbons (Fsp3) is 0.100. The molecule has 0 bridgehead atoms. The molecule has 5 nitrogen and oxygen atoms in total. The zero-order valence-electron chi connectivity index (χ0n) is 8.85. The van der Waals surface area contributed by atoms with E-state index in [4.69, 9.17) is 11.6 Å². The van der Waals surface area contributed by atoms with Gasteiger partial charge in [0.25, 0.3) is 0 Å². The van der Waals surface area contributed by atoms with Crippen molar-refractivity contribution in [2.24, 2.45) is 10.2 Å². The van der Waals surface area contributed by atoms with E-state index in [0.717, 1.165) is 6.21 Å². The first-order valence-electron chi connectivity index (χ1n) is 4.78. The maximum Gasteiger partial charge on any atom is 0.236 e. The predicted molar refractivity (Wildman–Crippen MR) is 68.7 cm³/mol. The molecular formula is C10H7ClFN3O2S. The summed E-state index contributed by atoms with van der Waals surface area (Å²) in [4.78, 5) is 10.9. The van der Waals surface area contributed by atoms with Crippen molar-refractivity contribution in [2.75, 3.05) is 5.75 Å². The molecule has 0 radical (unpaired) electrons. The molecular weight excluding hydrogens is 281 g/mol. The van der Waals surface area contributed by atoms with Gasteiger partial charge in [-0.25, -0.2) is 4.39 Å². The maximum atomic E-state index is 13.5. The molecule has 0 atom stereocenters. The van der Waals surface area contributed by atoms with E-state index in [1.54, 1.807) is 0 Å². The van der Waals surface area contributed by atoms with E-state index < -0.39 is 5.82 Å². The van der Waals surface area contributed by atoms with E-state index in [-0.39, 0.29) is 28.0 Å². The Morgan fingerprint density at radius 1 is 1.56 bits per heavy atom. The number of nitrogens with one attached hydrogen (secondary N) is 1. The molecule has 1 aliphatic rings. The number of amides is 1. The highest BCUT2D eigenvalue weighted by Gasteiger charge is 2.16. The molecule has 18 heavy (non-hydrogen) atoms. The Hall–Kier alpha value is -1.60.